The van der Waals surface area contributed by atoms with Crippen LogP contribution in [0.2, 0.25) is 0 Å². The summed E-state index contributed by atoms with van der Waals surface area (Å²) < 4.78 is 5.45. The zero-order valence-corrected chi connectivity index (χ0v) is 15.4. The fraction of sp³-hybridized carbons (Fsp3) is 0.150. The van der Waals surface area contributed by atoms with Gasteiger partial charge in [0.25, 0.3) is 5.91 Å². The number of amides is 1. The van der Waals surface area contributed by atoms with E-state index in [1.807, 2.05) is 68.4 Å². The quantitative estimate of drug-likeness (QED) is 0.524. The molecule has 0 spiro atoms. The SMILES string of the molecule is CCOc1cccc(/C=N/NC(=O)c2sc(-c3ccccc3)nc2C)c1. The number of carbonyl (C=O) groups excluding carboxylic acids is 1. The molecule has 1 amide bonds. The van der Waals surface area contributed by atoms with E-state index in [1.54, 1.807) is 6.21 Å². The number of hydrogen-bond acceptors (Lipinski definition) is 5. The molecule has 26 heavy (non-hydrogen) atoms. The summed E-state index contributed by atoms with van der Waals surface area (Å²) in [5, 5.41) is 4.86. The Balaban J connectivity index is 1.69. The summed E-state index contributed by atoms with van der Waals surface area (Å²) >= 11 is 1.36. The largest absolute Gasteiger partial charge is 0.494 e. The Bertz CT molecular complexity index is 920. The molecule has 0 aliphatic heterocycles. The van der Waals surface area contributed by atoms with E-state index in [2.05, 4.69) is 15.5 Å². The van der Waals surface area contributed by atoms with E-state index in [1.165, 1.54) is 11.3 Å². The molecule has 0 aliphatic carbocycles. The molecule has 0 radical (unpaired) electrons. The predicted octanol–water partition coefficient (Wildman–Crippen LogP) is 4.28. The molecule has 1 heterocycles. The van der Waals surface area contributed by atoms with Gasteiger partial charge in [-0.25, -0.2) is 10.4 Å². The van der Waals surface area contributed by atoms with E-state index in [9.17, 15) is 4.79 Å². The lowest BCUT2D eigenvalue weighted by atomic mass is 10.2. The average molecular weight is 365 g/mol. The number of carbonyl (C=O) groups is 1. The highest BCUT2D eigenvalue weighted by Gasteiger charge is 2.15. The van der Waals surface area contributed by atoms with E-state index in [0.717, 1.165) is 21.9 Å². The van der Waals surface area contributed by atoms with Crippen LogP contribution in [0.3, 0.4) is 0 Å². The number of rotatable bonds is 6. The zero-order chi connectivity index (χ0) is 18.4. The number of nitrogens with zero attached hydrogens (tertiary/aromatic N) is 2. The van der Waals surface area contributed by atoms with Crippen LogP contribution in [0.5, 0.6) is 5.75 Å². The van der Waals surface area contributed by atoms with Gasteiger partial charge in [0.2, 0.25) is 0 Å². The number of nitrogens with one attached hydrogen (secondary N) is 1. The molecule has 0 fully saturated rings. The molecule has 0 unspecified atom stereocenters. The molecule has 2 aromatic carbocycles. The summed E-state index contributed by atoms with van der Waals surface area (Å²) in [5.74, 6) is 0.507. The number of aromatic nitrogens is 1. The second-order valence-electron chi connectivity index (χ2n) is 5.50. The summed E-state index contributed by atoms with van der Waals surface area (Å²) in [7, 11) is 0. The molecule has 132 valence electrons. The van der Waals surface area contributed by atoms with Crippen LogP contribution in [0.15, 0.2) is 59.7 Å². The fourth-order valence-corrected chi connectivity index (χ4v) is 3.34. The van der Waals surface area contributed by atoms with Crippen LogP contribution in [-0.2, 0) is 0 Å². The Morgan fingerprint density at radius 2 is 2.04 bits per heavy atom. The Morgan fingerprint density at radius 3 is 2.81 bits per heavy atom. The maximum Gasteiger partial charge on any atom is 0.283 e. The van der Waals surface area contributed by atoms with Crippen molar-refractivity contribution in [1.82, 2.24) is 10.4 Å². The van der Waals surface area contributed by atoms with Gasteiger partial charge >= 0.3 is 0 Å². The maximum absolute atomic E-state index is 12.4. The van der Waals surface area contributed by atoms with Crippen LogP contribution in [0.25, 0.3) is 10.6 Å². The normalized spacial score (nSPS) is 10.8. The summed E-state index contributed by atoms with van der Waals surface area (Å²) in [5.41, 5.74) is 5.10. The smallest absolute Gasteiger partial charge is 0.283 e. The molecule has 3 aromatic rings. The highest BCUT2D eigenvalue weighted by atomic mass is 32.1. The van der Waals surface area contributed by atoms with Crippen molar-refractivity contribution in [1.29, 1.82) is 0 Å². The first-order valence-electron chi connectivity index (χ1n) is 8.26. The Morgan fingerprint density at radius 1 is 1.23 bits per heavy atom. The first kappa shape index (κ1) is 17.8. The van der Waals surface area contributed by atoms with Crippen LogP contribution in [0.4, 0.5) is 0 Å². The molecular formula is C20H19N3O2S. The van der Waals surface area contributed by atoms with Gasteiger partial charge in [-0.3, -0.25) is 4.79 Å². The van der Waals surface area contributed by atoms with Crippen LogP contribution in [0.1, 0.15) is 27.9 Å². The van der Waals surface area contributed by atoms with E-state index in [4.69, 9.17) is 4.74 Å². The fourth-order valence-electron chi connectivity index (χ4n) is 2.38. The highest BCUT2D eigenvalue weighted by Crippen LogP contribution is 2.27. The van der Waals surface area contributed by atoms with Crippen molar-refractivity contribution in [2.75, 3.05) is 6.61 Å². The van der Waals surface area contributed by atoms with Crippen molar-refractivity contribution in [3.8, 4) is 16.3 Å². The van der Waals surface area contributed by atoms with Crippen molar-refractivity contribution in [2.24, 2.45) is 5.10 Å². The zero-order valence-electron chi connectivity index (χ0n) is 14.6. The van der Waals surface area contributed by atoms with Crippen molar-refractivity contribution in [3.63, 3.8) is 0 Å². The minimum absolute atomic E-state index is 0.264. The van der Waals surface area contributed by atoms with E-state index < -0.39 is 0 Å². The number of thiazole rings is 1. The highest BCUT2D eigenvalue weighted by molar-refractivity contribution is 7.17. The Labute approximate surface area is 156 Å². The molecule has 0 bridgehead atoms. The first-order chi connectivity index (χ1) is 12.7. The maximum atomic E-state index is 12.4. The standard InChI is InChI=1S/C20H19N3O2S/c1-3-25-17-11-7-8-15(12-17)13-21-23-19(24)18-14(2)22-20(26-18)16-9-5-4-6-10-16/h4-13H,3H2,1-2H3,(H,23,24)/b21-13+. The molecule has 0 saturated heterocycles. The van der Waals surface area contributed by atoms with Gasteiger partial charge in [0.1, 0.15) is 15.6 Å². The second kappa shape index (κ2) is 8.40. The van der Waals surface area contributed by atoms with Gasteiger partial charge in [0.15, 0.2) is 0 Å². The van der Waals surface area contributed by atoms with Gasteiger partial charge in [-0.2, -0.15) is 5.10 Å². The number of hydrogen-bond donors (Lipinski definition) is 1. The third-order valence-corrected chi connectivity index (χ3v) is 4.78. The third-order valence-electron chi connectivity index (χ3n) is 3.57. The molecule has 1 N–H and O–H groups in total. The lowest BCUT2D eigenvalue weighted by Crippen LogP contribution is -2.17. The van der Waals surface area contributed by atoms with Gasteiger partial charge in [-0.15, -0.1) is 11.3 Å². The first-order valence-corrected chi connectivity index (χ1v) is 9.08. The third kappa shape index (κ3) is 4.34. The topological polar surface area (TPSA) is 63.6 Å². The molecule has 0 saturated carbocycles. The summed E-state index contributed by atoms with van der Waals surface area (Å²) in [6, 6.07) is 17.3. The van der Waals surface area contributed by atoms with Crippen molar-refractivity contribution >= 4 is 23.5 Å². The van der Waals surface area contributed by atoms with Gasteiger partial charge in [-0.05, 0) is 31.5 Å². The second-order valence-corrected chi connectivity index (χ2v) is 6.50. The molecule has 5 nitrogen and oxygen atoms in total. The Hall–Kier alpha value is -2.99. The van der Waals surface area contributed by atoms with Gasteiger partial charge in [-0.1, -0.05) is 42.5 Å². The minimum atomic E-state index is -0.264. The number of hydrazone groups is 1. The van der Waals surface area contributed by atoms with Gasteiger partial charge in [0.05, 0.1) is 18.5 Å². The summed E-state index contributed by atoms with van der Waals surface area (Å²) in [6.07, 6.45) is 1.59. The minimum Gasteiger partial charge on any atom is -0.494 e. The van der Waals surface area contributed by atoms with Gasteiger partial charge in [0, 0.05) is 5.56 Å². The molecule has 3 rings (SSSR count). The molecular weight excluding hydrogens is 346 g/mol. The van der Waals surface area contributed by atoms with E-state index in [-0.39, 0.29) is 5.91 Å². The van der Waals surface area contributed by atoms with Crippen molar-refractivity contribution < 1.29 is 9.53 Å². The van der Waals surface area contributed by atoms with Crippen LogP contribution in [0, 0.1) is 6.92 Å². The Kier molecular flexibility index (Phi) is 5.76. The molecule has 1 aromatic heterocycles. The molecule has 0 atom stereocenters. The number of aryl methyl sites for hydroxylation is 1. The average Bonchev–Trinajstić information content (AvgIpc) is 3.05. The monoisotopic (exact) mass is 365 g/mol. The lowest BCUT2D eigenvalue weighted by Gasteiger charge is -2.02. The molecule has 6 heteroatoms. The number of benzene rings is 2. The van der Waals surface area contributed by atoms with Crippen LogP contribution in [-0.4, -0.2) is 23.7 Å². The summed E-state index contributed by atoms with van der Waals surface area (Å²) in [6.45, 7) is 4.36. The van der Waals surface area contributed by atoms with Crippen molar-refractivity contribution in [3.05, 3.63) is 70.7 Å². The van der Waals surface area contributed by atoms with Crippen LogP contribution < -0.4 is 10.2 Å². The van der Waals surface area contributed by atoms with E-state index >= 15 is 0 Å². The number of ether oxygens (including phenoxy) is 1. The van der Waals surface area contributed by atoms with Gasteiger partial charge < -0.3 is 4.74 Å². The lowest BCUT2D eigenvalue weighted by molar-refractivity contribution is 0.0958. The summed E-state index contributed by atoms with van der Waals surface area (Å²) in [4.78, 5) is 17.4. The van der Waals surface area contributed by atoms with Crippen molar-refractivity contribution in [2.45, 2.75) is 13.8 Å². The predicted molar refractivity (Wildman–Crippen MR) is 105 cm³/mol. The van der Waals surface area contributed by atoms with Crippen LogP contribution >= 0.6 is 11.3 Å². The van der Waals surface area contributed by atoms with E-state index in [0.29, 0.717) is 17.2 Å². The molecule has 0 aliphatic rings.